The molecule has 2 unspecified atom stereocenters. The predicted molar refractivity (Wildman–Crippen MR) is 99.2 cm³/mol. The minimum atomic E-state index is -2.50. The molecule has 2 atom stereocenters. The topological polar surface area (TPSA) is 30.9 Å². The van der Waals surface area contributed by atoms with E-state index in [1.165, 1.54) is 37.8 Å². The predicted octanol–water partition coefficient (Wildman–Crippen LogP) is 3.90. The van der Waals surface area contributed by atoms with Gasteiger partial charge in [-0.15, -0.1) is 0 Å². The van der Waals surface area contributed by atoms with Crippen molar-refractivity contribution in [2.45, 2.75) is 75.5 Å². The van der Waals surface area contributed by atoms with Gasteiger partial charge < -0.3 is 17.5 Å². The minimum absolute atomic E-state index is 0.460. The molecule has 0 spiro atoms. The Morgan fingerprint density at radius 2 is 1.36 bits per heavy atom. The van der Waals surface area contributed by atoms with Crippen LogP contribution in [0, 0.1) is 0 Å². The van der Waals surface area contributed by atoms with Crippen LogP contribution in [-0.2, 0) is 13.3 Å². The van der Waals surface area contributed by atoms with E-state index in [1.54, 1.807) is 21.3 Å². The maximum atomic E-state index is 5.79. The van der Waals surface area contributed by atoms with Crippen molar-refractivity contribution >= 4 is 25.3 Å². The molecule has 0 N–H and O–H groups in total. The highest BCUT2D eigenvalue weighted by molar-refractivity contribution is 6.95. The summed E-state index contributed by atoms with van der Waals surface area (Å²) < 4.78 is 20.4. The van der Waals surface area contributed by atoms with Crippen molar-refractivity contribution in [1.29, 1.82) is 0 Å². The summed E-state index contributed by atoms with van der Waals surface area (Å²) in [6.07, 6.45) is 5.03. The average molecular weight is 362 g/mol. The van der Waals surface area contributed by atoms with Crippen LogP contribution in [0.4, 0.5) is 0 Å². The minimum Gasteiger partial charge on any atom is -0.377 e. The van der Waals surface area contributed by atoms with Crippen LogP contribution in [0.3, 0.4) is 0 Å². The molecule has 0 bridgehead atoms. The summed E-state index contributed by atoms with van der Waals surface area (Å²) in [5.41, 5.74) is 0.460. The van der Waals surface area contributed by atoms with Gasteiger partial charge in [0.15, 0.2) is 0 Å². The van der Waals surface area contributed by atoms with Crippen LogP contribution in [0.1, 0.15) is 25.7 Å². The molecule has 0 radical (unpaired) electrons. The first-order valence-corrected chi connectivity index (χ1v) is 16.8. The van der Waals surface area contributed by atoms with Crippen LogP contribution >= 0.6 is 0 Å². The Hall–Kier alpha value is 0.491. The van der Waals surface area contributed by atoms with Crippen LogP contribution in [0.25, 0.3) is 0 Å². The lowest BCUT2D eigenvalue weighted by atomic mass is 9.96. The SMILES string of the molecule is CO[Si](OC)(OC)C1CCCC(N2[Si](C)(C)CC[Si]2(C)C)C1. The Morgan fingerprint density at radius 3 is 1.82 bits per heavy atom. The third-order valence-corrected chi connectivity index (χ3v) is 19.7. The standard InChI is InChI=1S/C15H35NO3Si3/c1-17-22(18-2,19-3)15-10-8-9-14(13-15)16-20(4,5)11-12-21(16,6)7/h14-15H,8-13H2,1-7H3. The lowest BCUT2D eigenvalue weighted by Crippen LogP contribution is -2.61. The molecule has 2 fully saturated rings. The van der Waals surface area contributed by atoms with Gasteiger partial charge in [-0.05, 0) is 37.4 Å². The molecule has 130 valence electrons. The van der Waals surface area contributed by atoms with E-state index in [1.807, 2.05) is 0 Å². The van der Waals surface area contributed by atoms with Gasteiger partial charge in [0, 0.05) is 26.9 Å². The lowest BCUT2D eigenvalue weighted by molar-refractivity contribution is 0.0993. The number of rotatable bonds is 5. The molecule has 2 aliphatic rings. The van der Waals surface area contributed by atoms with E-state index in [2.05, 4.69) is 30.4 Å². The third kappa shape index (κ3) is 3.31. The van der Waals surface area contributed by atoms with Gasteiger partial charge in [-0.3, -0.25) is 0 Å². The lowest BCUT2D eigenvalue weighted by Gasteiger charge is -2.49. The van der Waals surface area contributed by atoms with Crippen molar-refractivity contribution in [2.75, 3.05) is 21.3 Å². The summed E-state index contributed by atoms with van der Waals surface area (Å²) in [6, 6.07) is 3.70. The van der Waals surface area contributed by atoms with Crippen molar-refractivity contribution in [3.8, 4) is 0 Å². The highest BCUT2D eigenvalue weighted by Gasteiger charge is 2.54. The molecule has 1 saturated heterocycles. The second-order valence-electron chi connectivity index (χ2n) is 8.23. The summed E-state index contributed by atoms with van der Waals surface area (Å²) in [6.45, 7) is 10.3. The quantitative estimate of drug-likeness (QED) is 0.695. The fourth-order valence-corrected chi connectivity index (χ4v) is 22.8. The average Bonchev–Trinajstić information content (AvgIpc) is 2.70. The largest absolute Gasteiger partial charge is 0.503 e. The smallest absolute Gasteiger partial charge is 0.377 e. The van der Waals surface area contributed by atoms with Gasteiger partial charge in [0.2, 0.25) is 0 Å². The molecule has 0 aromatic heterocycles. The second-order valence-corrected chi connectivity index (χ2v) is 21.1. The van der Waals surface area contributed by atoms with Gasteiger partial charge >= 0.3 is 8.80 Å². The van der Waals surface area contributed by atoms with Crippen LogP contribution in [0.15, 0.2) is 0 Å². The van der Waals surface area contributed by atoms with Crippen molar-refractivity contribution < 1.29 is 13.3 Å². The van der Waals surface area contributed by atoms with Crippen LogP contribution in [0.5, 0.6) is 0 Å². The molecule has 1 heterocycles. The molecule has 22 heavy (non-hydrogen) atoms. The van der Waals surface area contributed by atoms with Crippen molar-refractivity contribution in [2.24, 2.45) is 0 Å². The van der Waals surface area contributed by atoms with Crippen molar-refractivity contribution in [1.82, 2.24) is 4.23 Å². The molecule has 4 nitrogen and oxygen atoms in total. The number of nitrogens with zero attached hydrogens (tertiary/aromatic N) is 1. The maximum absolute atomic E-state index is 5.79. The molecule has 0 amide bonds. The highest BCUT2D eigenvalue weighted by atomic mass is 28.4. The van der Waals surface area contributed by atoms with E-state index < -0.39 is 25.3 Å². The summed E-state index contributed by atoms with van der Waals surface area (Å²) in [5, 5.41) is 0. The van der Waals surface area contributed by atoms with E-state index in [0.29, 0.717) is 5.54 Å². The molecule has 1 saturated carbocycles. The van der Waals surface area contributed by atoms with Crippen molar-refractivity contribution in [3.63, 3.8) is 0 Å². The molecule has 0 aromatic rings. The van der Waals surface area contributed by atoms with E-state index in [-0.39, 0.29) is 0 Å². The first kappa shape index (κ1) is 18.8. The first-order valence-electron chi connectivity index (χ1n) is 8.67. The zero-order chi connectivity index (χ0) is 16.6. The molecule has 2 rings (SSSR count). The molecular formula is C15H35NO3Si3. The van der Waals surface area contributed by atoms with Crippen LogP contribution < -0.4 is 0 Å². The van der Waals surface area contributed by atoms with Gasteiger partial charge in [-0.25, -0.2) is 0 Å². The monoisotopic (exact) mass is 361 g/mol. The maximum Gasteiger partial charge on any atom is 0.503 e. The zero-order valence-corrected chi connectivity index (χ0v) is 18.6. The van der Waals surface area contributed by atoms with Gasteiger partial charge in [0.05, 0.1) is 0 Å². The Balaban J connectivity index is 2.20. The number of hydrogen-bond donors (Lipinski definition) is 0. The fraction of sp³-hybridized carbons (Fsp3) is 1.00. The second kappa shape index (κ2) is 6.78. The molecule has 7 heteroatoms. The Bertz CT molecular complexity index is 364. The Kier molecular flexibility index (Phi) is 5.80. The van der Waals surface area contributed by atoms with E-state index >= 15 is 0 Å². The fourth-order valence-electron chi connectivity index (χ4n) is 5.13. The third-order valence-electron chi connectivity index (χ3n) is 6.02. The zero-order valence-electron chi connectivity index (χ0n) is 15.6. The summed E-state index contributed by atoms with van der Waals surface area (Å²) >= 11 is 0. The Labute approximate surface area is 140 Å². The first-order chi connectivity index (χ1) is 10.2. The summed E-state index contributed by atoms with van der Waals surface area (Å²) in [7, 11) is 0.335. The van der Waals surface area contributed by atoms with Gasteiger partial charge in [-0.1, -0.05) is 32.6 Å². The normalized spacial score (nSPS) is 32.3. The summed E-state index contributed by atoms with van der Waals surface area (Å²) in [4.78, 5) is 0. The molecule has 1 aliphatic heterocycles. The number of hydrogen-bond acceptors (Lipinski definition) is 4. The molecular weight excluding hydrogens is 326 g/mol. The Morgan fingerprint density at radius 1 is 0.864 bits per heavy atom. The van der Waals surface area contributed by atoms with Crippen molar-refractivity contribution in [3.05, 3.63) is 0 Å². The summed E-state index contributed by atoms with van der Waals surface area (Å²) in [5.74, 6) is 0. The molecule has 0 aromatic carbocycles. The van der Waals surface area contributed by atoms with Crippen LogP contribution in [-0.4, -0.2) is 56.9 Å². The molecule has 1 aliphatic carbocycles. The van der Waals surface area contributed by atoms with E-state index in [0.717, 1.165) is 6.04 Å². The highest BCUT2D eigenvalue weighted by Crippen LogP contribution is 2.46. The van der Waals surface area contributed by atoms with Gasteiger partial charge in [0.1, 0.15) is 16.5 Å². The van der Waals surface area contributed by atoms with E-state index in [4.69, 9.17) is 13.3 Å². The van der Waals surface area contributed by atoms with Gasteiger partial charge in [-0.2, -0.15) is 0 Å². The van der Waals surface area contributed by atoms with E-state index in [9.17, 15) is 0 Å². The van der Waals surface area contributed by atoms with Gasteiger partial charge in [0.25, 0.3) is 0 Å². The van der Waals surface area contributed by atoms with Crippen LogP contribution in [0.2, 0.25) is 43.8 Å².